The monoisotopic (exact) mass is 531 g/mol. The number of halogens is 6. The lowest BCUT2D eigenvalue weighted by molar-refractivity contribution is -0.138. The Kier molecular flexibility index (Phi) is 9.46. The third-order valence-corrected chi connectivity index (χ3v) is 5.98. The quantitative estimate of drug-likeness (QED) is 0.358. The first-order valence-corrected chi connectivity index (χ1v) is 12.1. The van der Waals surface area contributed by atoms with Gasteiger partial charge in [-0.1, -0.05) is 26.0 Å². The maximum atomic E-state index is 13.4. The van der Waals surface area contributed by atoms with Crippen LogP contribution in [0.15, 0.2) is 48.5 Å². The Hall–Kier alpha value is -2.79. The van der Waals surface area contributed by atoms with Crippen molar-refractivity contribution in [3.05, 3.63) is 59.7 Å². The molecule has 0 aliphatic carbocycles. The number of likely N-dealkylation sites (tertiary alicyclic amines) is 1. The number of nitrogens with zero attached hydrogens (tertiary/aromatic N) is 2. The summed E-state index contributed by atoms with van der Waals surface area (Å²) in [7, 11) is 0. The Balaban J connectivity index is 1.92. The van der Waals surface area contributed by atoms with Crippen LogP contribution in [0.25, 0.3) is 0 Å². The number of anilines is 2. The minimum atomic E-state index is -4.63. The van der Waals surface area contributed by atoms with Crippen molar-refractivity contribution in [1.29, 1.82) is 0 Å². The second-order valence-electron chi connectivity index (χ2n) is 9.50. The zero-order valence-electron chi connectivity index (χ0n) is 20.7. The van der Waals surface area contributed by atoms with Gasteiger partial charge in [-0.3, -0.25) is 9.80 Å². The summed E-state index contributed by atoms with van der Waals surface area (Å²) in [5.41, 5.74) is -2.03. The molecule has 3 rings (SSSR count). The van der Waals surface area contributed by atoms with E-state index < -0.39 is 29.5 Å². The first-order chi connectivity index (χ1) is 17.3. The van der Waals surface area contributed by atoms with Crippen LogP contribution in [0.5, 0.6) is 0 Å². The molecule has 5 nitrogen and oxygen atoms in total. The molecule has 0 aromatic heterocycles. The molecule has 1 fully saturated rings. The van der Waals surface area contributed by atoms with Gasteiger partial charge in [0.15, 0.2) is 0 Å². The van der Waals surface area contributed by atoms with E-state index in [1.807, 2.05) is 13.8 Å². The van der Waals surface area contributed by atoms with E-state index in [1.54, 1.807) is 0 Å². The Labute approximate surface area is 212 Å². The Morgan fingerprint density at radius 1 is 0.946 bits per heavy atom. The molecule has 0 radical (unpaired) electrons. The molecule has 0 bridgehead atoms. The van der Waals surface area contributed by atoms with Gasteiger partial charge in [0.2, 0.25) is 0 Å². The van der Waals surface area contributed by atoms with E-state index in [2.05, 4.69) is 10.2 Å². The van der Waals surface area contributed by atoms with Crippen molar-refractivity contribution in [2.75, 3.05) is 43.1 Å². The number of benzene rings is 2. The molecule has 1 heterocycles. The molecule has 1 aliphatic heterocycles. The summed E-state index contributed by atoms with van der Waals surface area (Å²) < 4.78 is 85.6. The highest BCUT2D eigenvalue weighted by atomic mass is 19.4. The number of hydrogen-bond donors (Lipinski definition) is 1. The Morgan fingerprint density at radius 2 is 1.54 bits per heavy atom. The molecule has 1 saturated heterocycles. The summed E-state index contributed by atoms with van der Waals surface area (Å²) in [5, 5.41) is 2.43. The second-order valence-corrected chi connectivity index (χ2v) is 9.50. The molecule has 2 aromatic carbocycles. The van der Waals surface area contributed by atoms with E-state index in [0.29, 0.717) is 6.61 Å². The molecule has 1 N–H and O–H groups in total. The van der Waals surface area contributed by atoms with Crippen LogP contribution in [-0.2, 0) is 17.1 Å². The van der Waals surface area contributed by atoms with E-state index in [-0.39, 0.29) is 36.5 Å². The minimum absolute atomic E-state index is 0.00972. The molecule has 0 saturated carbocycles. The minimum Gasteiger partial charge on any atom is -0.379 e. The summed E-state index contributed by atoms with van der Waals surface area (Å²) >= 11 is 0. The molecule has 1 aliphatic rings. The molecule has 204 valence electrons. The van der Waals surface area contributed by atoms with Gasteiger partial charge in [-0.2, -0.15) is 26.3 Å². The number of nitrogens with one attached hydrogen (secondary N) is 1. The molecule has 1 unspecified atom stereocenters. The topological polar surface area (TPSA) is 44.8 Å². The van der Waals surface area contributed by atoms with Gasteiger partial charge < -0.3 is 10.1 Å². The number of urea groups is 1. The summed E-state index contributed by atoms with van der Waals surface area (Å²) in [6.07, 6.45) is -7.36. The first kappa shape index (κ1) is 28.8. The fraction of sp³-hybridized carbons (Fsp3) is 0.500. The van der Waals surface area contributed by atoms with Crippen molar-refractivity contribution in [1.82, 2.24) is 4.90 Å². The summed E-state index contributed by atoms with van der Waals surface area (Å²) in [5.74, 6) is 0.267. The standard InChI is InChI=1S/C26H31F6N3O2/c1-18(2)16-37-17-23(34-11-3-4-12-34)15-35(22-10-6-8-20(14-22)26(30,31)32)24(36)33-21-9-5-7-19(13-21)25(27,28)29/h5-10,13-14,18,23H,3-4,11-12,15-17H2,1-2H3,(H,33,36). The van der Waals surface area contributed by atoms with Crippen LogP contribution in [0.1, 0.15) is 37.8 Å². The molecule has 11 heteroatoms. The SMILES string of the molecule is CC(C)COCC(CN(C(=O)Nc1cccc(C(F)(F)F)c1)c1cccc(C(F)(F)F)c1)N1CCCC1. The molecular formula is C26H31F6N3O2. The van der Waals surface area contributed by atoms with E-state index in [1.165, 1.54) is 18.2 Å². The van der Waals surface area contributed by atoms with Gasteiger partial charge in [-0.05, 0) is 68.2 Å². The Morgan fingerprint density at radius 3 is 2.14 bits per heavy atom. The summed E-state index contributed by atoms with van der Waals surface area (Å²) in [6.45, 7) is 6.20. The van der Waals surface area contributed by atoms with Crippen molar-refractivity contribution in [2.24, 2.45) is 5.92 Å². The fourth-order valence-corrected chi connectivity index (χ4v) is 4.15. The van der Waals surface area contributed by atoms with Gasteiger partial charge in [0.1, 0.15) is 0 Å². The van der Waals surface area contributed by atoms with Crippen molar-refractivity contribution in [2.45, 2.75) is 45.1 Å². The van der Waals surface area contributed by atoms with E-state index >= 15 is 0 Å². The number of amides is 2. The molecule has 37 heavy (non-hydrogen) atoms. The Bertz CT molecular complexity index is 1040. The largest absolute Gasteiger partial charge is 0.416 e. The zero-order chi connectivity index (χ0) is 27.2. The average Bonchev–Trinajstić information content (AvgIpc) is 3.35. The zero-order valence-corrected chi connectivity index (χ0v) is 20.7. The predicted molar refractivity (Wildman–Crippen MR) is 130 cm³/mol. The molecule has 0 spiro atoms. The number of alkyl halides is 6. The van der Waals surface area contributed by atoms with Crippen LogP contribution in [0.3, 0.4) is 0 Å². The van der Waals surface area contributed by atoms with Crippen LogP contribution in [-0.4, -0.2) is 49.8 Å². The fourth-order valence-electron chi connectivity index (χ4n) is 4.15. The summed E-state index contributed by atoms with van der Waals surface area (Å²) in [6, 6.07) is 7.27. The molecule has 2 aromatic rings. The number of carbonyl (C=O) groups excluding carboxylic acids is 1. The molecular weight excluding hydrogens is 500 g/mol. The third-order valence-electron chi connectivity index (χ3n) is 5.98. The lowest BCUT2D eigenvalue weighted by Crippen LogP contribution is -2.49. The van der Waals surface area contributed by atoms with Crippen molar-refractivity contribution in [3.8, 4) is 0 Å². The van der Waals surface area contributed by atoms with Gasteiger partial charge >= 0.3 is 18.4 Å². The van der Waals surface area contributed by atoms with Crippen LogP contribution in [0.4, 0.5) is 42.5 Å². The lowest BCUT2D eigenvalue weighted by Gasteiger charge is -2.33. The van der Waals surface area contributed by atoms with E-state index in [9.17, 15) is 31.1 Å². The van der Waals surface area contributed by atoms with Crippen molar-refractivity contribution in [3.63, 3.8) is 0 Å². The molecule has 1 atom stereocenters. The first-order valence-electron chi connectivity index (χ1n) is 12.1. The highest BCUT2D eigenvalue weighted by Gasteiger charge is 2.33. The van der Waals surface area contributed by atoms with Crippen LogP contribution in [0, 0.1) is 5.92 Å². The smallest absolute Gasteiger partial charge is 0.379 e. The van der Waals surface area contributed by atoms with Gasteiger partial charge in [0.25, 0.3) is 0 Å². The molecule has 2 amide bonds. The maximum Gasteiger partial charge on any atom is 0.416 e. The van der Waals surface area contributed by atoms with E-state index in [4.69, 9.17) is 4.74 Å². The number of rotatable bonds is 9. The second kappa shape index (κ2) is 12.2. The highest BCUT2D eigenvalue weighted by Crippen LogP contribution is 2.33. The number of ether oxygens (including phenoxy) is 1. The summed E-state index contributed by atoms with van der Waals surface area (Å²) in [4.78, 5) is 16.6. The highest BCUT2D eigenvalue weighted by molar-refractivity contribution is 6.01. The van der Waals surface area contributed by atoms with Crippen LogP contribution in [0.2, 0.25) is 0 Å². The lowest BCUT2D eigenvalue weighted by atomic mass is 10.1. The normalized spacial score (nSPS) is 15.7. The number of carbonyl (C=O) groups is 1. The van der Waals surface area contributed by atoms with E-state index in [0.717, 1.165) is 61.2 Å². The van der Waals surface area contributed by atoms with Crippen molar-refractivity contribution >= 4 is 17.4 Å². The van der Waals surface area contributed by atoms with Gasteiger partial charge in [-0.25, -0.2) is 4.79 Å². The van der Waals surface area contributed by atoms with Gasteiger partial charge in [0.05, 0.1) is 23.8 Å². The van der Waals surface area contributed by atoms with Crippen molar-refractivity contribution < 1.29 is 35.9 Å². The average molecular weight is 532 g/mol. The third kappa shape index (κ3) is 8.36. The maximum absolute atomic E-state index is 13.4. The number of hydrogen-bond acceptors (Lipinski definition) is 3. The van der Waals surface area contributed by atoms with Gasteiger partial charge in [0, 0.05) is 24.5 Å². The predicted octanol–water partition coefficient (Wildman–Crippen LogP) is 6.90. The van der Waals surface area contributed by atoms with Gasteiger partial charge in [-0.15, -0.1) is 0 Å². The van der Waals surface area contributed by atoms with Crippen LogP contribution < -0.4 is 10.2 Å². The van der Waals surface area contributed by atoms with Crippen LogP contribution >= 0.6 is 0 Å².